The van der Waals surface area contributed by atoms with Gasteiger partial charge in [0.25, 0.3) is 0 Å². The van der Waals surface area contributed by atoms with Gasteiger partial charge in [-0.2, -0.15) is 0 Å². The molecule has 0 N–H and O–H groups in total. The lowest BCUT2D eigenvalue weighted by Gasteiger charge is -2.15. The zero-order valence-corrected chi connectivity index (χ0v) is 12.0. The molecule has 0 bridgehead atoms. The molecule has 2 aromatic carbocycles. The van der Waals surface area contributed by atoms with Crippen molar-refractivity contribution in [1.29, 1.82) is 0 Å². The molecule has 0 aliphatic carbocycles. The van der Waals surface area contributed by atoms with E-state index in [0.717, 1.165) is 16.7 Å². The van der Waals surface area contributed by atoms with Crippen LogP contribution in [0.2, 0.25) is 0 Å². The van der Waals surface area contributed by atoms with Crippen LogP contribution in [0.1, 0.15) is 23.6 Å². The molecule has 0 fully saturated rings. The van der Waals surface area contributed by atoms with Gasteiger partial charge in [-0.1, -0.05) is 36.4 Å². The Balaban J connectivity index is 2.24. The van der Waals surface area contributed by atoms with Gasteiger partial charge in [-0.15, -0.1) is 0 Å². The van der Waals surface area contributed by atoms with E-state index in [2.05, 4.69) is 0 Å². The molecule has 104 valence electrons. The van der Waals surface area contributed by atoms with E-state index in [-0.39, 0.29) is 5.97 Å². The van der Waals surface area contributed by atoms with Crippen molar-refractivity contribution in [2.24, 2.45) is 0 Å². The van der Waals surface area contributed by atoms with Crippen molar-refractivity contribution in [1.82, 2.24) is 0 Å². The van der Waals surface area contributed by atoms with E-state index >= 15 is 0 Å². The molecular weight excluding hydrogens is 252 g/mol. The summed E-state index contributed by atoms with van der Waals surface area (Å²) in [6.07, 6.45) is 0. The standard InChI is InChI=1S/C17H18O3/c1-12-9-10-16(20-14(3)18)17(13(12)2)19-11-15-7-5-4-6-8-15/h4-10H,11H2,1-3H3. The van der Waals surface area contributed by atoms with Crippen LogP contribution in [0.4, 0.5) is 0 Å². The number of ether oxygens (including phenoxy) is 2. The molecule has 0 saturated heterocycles. The lowest BCUT2D eigenvalue weighted by molar-refractivity contribution is -0.132. The maximum absolute atomic E-state index is 11.2. The van der Waals surface area contributed by atoms with E-state index in [1.54, 1.807) is 6.07 Å². The Kier molecular flexibility index (Phi) is 4.41. The fraction of sp³-hybridized carbons (Fsp3) is 0.235. The molecule has 0 aliphatic heterocycles. The molecule has 0 unspecified atom stereocenters. The highest BCUT2D eigenvalue weighted by atomic mass is 16.6. The number of hydrogen-bond donors (Lipinski definition) is 0. The van der Waals surface area contributed by atoms with Crippen LogP contribution in [-0.4, -0.2) is 5.97 Å². The van der Waals surface area contributed by atoms with Gasteiger partial charge in [0.2, 0.25) is 0 Å². The summed E-state index contributed by atoms with van der Waals surface area (Å²) in [7, 11) is 0. The summed E-state index contributed by atoms with van der Waals surface area (Å²) in [6.45, 7) is 5.79. The summed E-state index contributed by atoms with van der Waals surface area (Å²) in [4.78, 5) is 11.2. The minimum absolute atomic E-state index is 0.349. The predicted octanol–water partition coefficient (Wildman–Crippen LogP) is 3.81. The third kappa shape index (κ3) is 3.38. The first-order valence-corrected chi connectivity index (χ1v) is 6.53. The normalized spacial score (nSPS) is 10.2. The minimum Gasteiger partial charge on any atom is -0.485 e. The molecule has 0 heterocycles. The Hall–Kier alpha value is -2.29. The summed E-state index contributed by atoms with van der Waals surface area (Å²) in [5.41, 5.74) is 3.16. The predicted molar refractivity (Wildman–Crippen MR) is 78.0 cm³/mol. The number of rotatable bonds is 4. The maximum atomic E-state index is 11.2. The SMILES string of the molecule is CC(=O)Oc1ccc(C)c(C)c1OCc1ccccc1. The number of aryl methyl sites for hydroxylation is 1. The molecule has 0 aliphatic rings. The van der Waals surface area contributed by atoms with E-state index in [1.807, 2.05) is 50.2 Å². The number of benzene rings is 2. The minimum atomic E-state index is -0.349. The number of hydrogen-bond acceptors (Lipinski definition) is 3. The summed E-state index contributed by atoms with van der Waals surface area (Å²) < 4.78 is 11.1. The molecule has 0 radical (unpaired) electrons. The highest BCUT2D eigenvalue weighted by Crippen LogP contribution is 2.33. The van der Waals surface area contributed by atoms with E-state index in [0.29, 0.717) is 18.1 Å². The van der Waals surface area contributed by atoms with Crippen molar-refractivity contribution in [3.05, 3.63) is 59.2 Å². The fourth-order valence-electron chi connectivity index (χ4n) is 1.91. The number of carbonyl (C=O) groups excluding carboxylic acids is 1. The third-order valence-corrected chi connectivity index (χ3v) is 3.12. The summed E-state index contributed by atoms with van der Waals surface area (Å²) in [6, 6.07) is 13.6. The van der Waals surface area contributed by atoms with E-state index < -0.39 is 0 Å². The molecule has 0 amide bonds. The Labute approximate surface area is 119 Å². The zero-order valence-electron chi connectivity index (χ0n) is 12.0. The monoisotopic (exact) mass is 270 g/mol. The van der Waals surface area contributed by atoms with Gasteiger partial charge in [-0.25, -0.2) is 0 Å². The van der Waals surface area contributed by atoms with Crippen LogP contribution in [0.5, 0.6) is 11.5 Å². The van der Waals surface area contributed by atoms with Gasteiger partial charge in [-0.3, -0.25) is 4.79 Å². The van der Waals surface area contributed by atoms with Crippen LogP contribution in [0.25, 0.3) is 0 Å². The van der Waals surface area contributed by atoms with Crippen molar-refractivity contribution in [2.75, 3.05) is 0 Å². The van der Waals surface area contributed by atoms with Crippen molar-refractivity contribution in [3.63, 3.8) is 0 Å². The average molecular weight is 270 g/mol. The lowest BCUT2D eigenvalue weighted by atomic mass is 10.1. The van der Waals surface area contributed by atoms with Gasteiger partial charge in [0, 0.05) is 6.92 Å². The second-order valence-electron chi connectivity index (χ2n) is 4.70. The van der Waals surface area contributed by atoms with Crippen LogP contribution in [0.3, 0.4) is 0 Å². The Morgan fingerprint density at radius 3 is 2.40 bits per heavy atom. The van der Waals surface area contributed by atoms with E-state index in [1.165, 1.54) is 6.92 Å². The van der Waals surface area contributed by atoms with Crippen LogP contribution >= 0.6 is 0 Å². The largest absolute Gasteiger partial charge is 0.485 e. The Morgan fingerprint density at radius 2 is 1.75 bits per heavy atom. The molecule has 2 aromatic rings. The van der Waals surface area contributed by atoms with Crippen molar-refractivity contribution in [2.45, 2.75) is 27.4 Å². The van der Waals surface area contributed by atoms with Crippen LogP contribution in [0.15, 0.2) is 42.5 Å². The number of carbonyl (C=O) groups is 1. The fourth-order valence-corrected chi connectivity index (χ4v) is 1.91. The van der Waals surface area contributed by atoms with Crippen LogP contribution in [0, 0.1) is 13.8 Å². The van der Waals surface area contributed by atoms with Crippen molar-refractivity contribution < 1.29 is 14.3 Å². The first-order chi connectivity index (χ1) is 9.58. The van der Waals surface area contributed by atoms with Gasteiger partial charge >= 0.3 is 5.97 Å². The third-order valence-electron chi connectivity index (χ3n) is 3.12. The van der Waals surface area contributed by atoms with Gasteiger partial charge in [0.05, 0.1) is 0 Å². The molecular formula is C17H18O3. The van der Waals surface area contributed by atoms with Crippen molar-refractivity contribution >= 4 is 5.97 Å². The van der Waals surface area contributed by atoms with Crippen molar-refractivity contribution in [3.8, 4) is 11.5 Å². The molecule has 0 spiro atoms. The molecule has 0 aromatic heterocycles. The molecule has 3 nitrogen and oxygen atoms in total. The van der Waals surface area contributed by atoms with Crippen LogP contribution in [-0.2, 0) is 11.4 Å². The molecule has 3 heteroatoms. The van der Waals surface area contributed by atoms with Gasteiger partial charge in [0.15, 0.2) is 11.5 Å². The second kappa shape index (κ2) is 6.24. The highest BCUT2D eigenvalue weighted by molar-refractivity contribution is 5.71. The summed E-state index contributed by atoms with van der Waals surface area (Å²) in [5.74, 6) is 0.749. The van der Waals surface area contributed by atoms with Gasteiger partial charge < -0.3 is 9.47 Å². The molecule has 2 rings (SSSR count). The molecule has 0 atom stereocenters. The van der Waals surface area contributed by atoms with E-state index in [4.69, 9.17) is 9.47 Å². The average Bonchev–Trinajstić information content (AvgIpc) is 2.43. The zero-order chi connectivity index (χ0) is 14.5. The first kappa shape index (κ1) is 14.1. The van der Waals surface area contributed by atoms with Crippen LogP contribution < -0.4 is 9.47 Å². The summed E-state index contributed by atoms with van der Waals surface area (Å²) >= 11 is 0. The number of esters is 1. The molecule has 0 saturated carbocycles. The topological polar surface area (TPSA) is 35.5 Å². The quantitative estimate of drug-likeness (QED) is 0.626. The van der Waals surface area contributed by atoms with Gasteiger partial charge in [-0.05, 0) is 36.6 Å². The summed E-state index contributed by atoms with van der Waals surface area (Å²) in [5, 5.41) is 0. The second-order valence-corrected chi connectivity index (χ2v) is 4.70. The van der Waals surface area contributed by atoms with Gasteiger partial charge in [0.1, 0.15) is 6.61 Å². The molecule has 20 heavy (non-hydrogen) atoms. The Morgan fingerprint density at radius 1 is 1.05 bits per heavy atom. The smallest absolute Gasteiger partial charge is 0.308 e. The van der Waals surface area contributed by atoms with E-state index in [9.17, 15) is 4.79 Å². The highest BCUT2D eigenvalue weighted by Gasteiger charge is 2.12. The Bertz CT molecular complexity index is 603. The maximum Gasteiger partial charge on any atom is 0.308 e. The lowest BCUT2D eigenvalue weighted by Crippen LogP contribution is -2.06. The first-order valence-electron chi connectivity index (χ1n) is 6.53.